The van der Waals surface area contributed by atoms with E-state index in [2.05, 4.69) is 10.2 Å². The predicted octanol–water partition coefficient (Wildman–Crippen LogP) is 4.30. The van der Waals surface area contributed by atoms with Crippen LogP contribution in [0.15, 0.2) is 78.9 Å². The quantitative estimate of drug-likeness (QED) is 0.551. The Kier molecular flexibility index (Phi) is 7.37. The average Bonchev–Trinajstić information content (AvgIpc) is 2.86. The first-order valence-electron chi connectivity index (χ1n) is 11.2. The van der Waals surface area contributed by atoms with Gasteiger partial charge in [0.05, 0.1) is 18.8 Å². The molecule has 6 nitrogen and oxygen atoms in total. The maximum atomic E-state index is 12.8. The van der Waals surface area contributed by atoms with Crippen molar-refractivity contribution in [3.8, 4) is 0 Å². The van der Waals surface area contributed by atoms with Gasteiger partial charge in [-0.3, -0.25) is 4.79 Å². The number of morpholine rings is 1. The lowest BCUT2D eigenvalue weighted by Crippen LogP contribution is -2.36. The third-order valence-corrected chi connectivity index (χ3v) is 5.64. The molecule has 0 radical (unpaired) electrons. The van der Waals surface area contributed by atoms with E-state index in [1.807, 2.05) is 66.7 Å². The Morgan fingerprint density at radius 2 is 1.61 bits per heavy atom. The maximum Gasteiger partial charge on any atom is 0.339 e. The molecule has 170 valence electrons. The highest BCUT2D eigenvalue weighted by Crippen LogP contribution is 2.20. The maximum absolute atomic E-state index is 12.8. The second kappa shape index (κ2) is 10.8. The van der Waals surface area contributed by atoms with Gasteiger partial charge in [0.2, 0.25) is 0 Å². The molecule has 1 unspecified atom stereocenters. The molecule has 1 N–H and O–H groups in total. The smallest absolute Gasteiger partial charge is 0.339 e. The summed E-state index contributed by atoms with van der Waals surface area (Å²) >= 11 is 0. The van der Waals surface area contributed by atoms with Gasteiger partial charge in [0.15, 0.2) is 6.10 Å². The molecule has 1 fully saturated rings. The van der Waals surface area contributed by atoms with E-state index in [4.69, 9.17) is 9.47 Å². The summed E-state index contributed by atoms with van der Waals surface area (Å²) in [6.07, 6.45) is -0.316. The number of rotatable bonds is 7. The normalized spacial score (nSPS) is 14.4. The van der Waals surface area contributed by atoms with Gasteiger partial charge in [0.1, 0.15) is 0 Å². The second-order valence-corrected chi connectivity index (χ2v) is 8.00. The Morgan fingerprint density at radius 1 is 0.939 bits per heavy atom. The monoisotopic (exact) mass is 444 g/mol. The molecule has 6 heteroatoms. The number of carbonyl (C=O) groups is 2. The first kappa shape index (κ1) is 22.6. The van der Waals surface area contributed by atoms with Crippen LogP contribution >= 0.6 is 0 Å². The van der Waals surface area contributed by atoms with E-state index in [9.17, 15) is 9.59 Å². The number of nitrogens with zero attached hydrogens (tertiary/aromatic N) is 1. The molecule has 1 atom stereocenters. The summed E-state index contributed by atoms with van der Waals surface area (Å²) in [5.41, 5.74) is 4.18. The number of anilines is 2. The molecule has 1 saturated heterocycles. The van der Waals surface area contributed by atoms with Crippen LogP contribution in [-0.4, -0.2) is 44.3 Å². The number of hydrogen-bond acceptors (Lipinski definition) is 5. The van der Waals surface area contributed by atoms with Crippen molar-refractivity contribution in [2.75, 3.05) is 36.5 Å². The summed E-state index contributed by atoms with van der Waals surface area (Å²) in [7, 11) is 0. The first-order chi connectivity index (χ1) is 16.1. The van der Waals surface area contributed by atoms with E-state index in [0.717, 1.165) is 43.1 Å². The van der Waals surface area contributed by atoms with Crippen LogP contribution in [0.5, 0.6) is 0 Å². The molecule has 1 heterocycles. The minimum absolute atomic E-state index is 0.372. The van der Waals surface area contributed by atoms with Crippen molar-refractivity contribution in [1.82, 2.24) is 0 Å². The molecule has 0 aromatic heterocycles. The topological polar surface area (TPSA) is 67.9 Å². The molecule has 3 aromatic carbocycles. The summed E-state index contributed by atoms with van der Waals surface area (Å²) in [6.45, 7) is 4.72. The van der Waals surface area contributed by atoms with Crippen LogP contribution in [-0.2, 0) is 20.7 Å². The van der Waals surface area contributed by atoms with E-state index in [0.29, 0.717) is 17.7 Å². The van der Waals surface area contributed by atoms with Crippen LogP contribution in [0.4, 0.5) is 11.4 Å². The third kappa shape index (κ3) is 5.99. The number of nitrogens with one attached hydrogen (secondary N) is 1. The van der Waals surface area contributed by atoms with Crippen LogP contribution in [0.25, 0.3) is 0 Å². The van der Waals surface area contributed by atoms with Crippen molar-refractivity contribution < 1.29 is 19.1 Å². The highest BCUT2D eigenvalue weighted by Gasteiger charge is 2.21. The fraction of sp³-hybridized carbons (Fsp3) is 0.259. The average molecular weight is 445 g/mol. The lowest BCUT2D eigenvalue weighted by atomic mass is 10.00. The minimum Gasteiger partial charge on any atom is -0.449 e. The Labute approximate surface area is 194 Å². The zero-order valence-corrected chi connectivity index (χ0v) is 18.7. The van der Waals surface area contributed by atoms with Crippen molar-refractivity contribution in [1.29, 1.82) is 0 Å². The summed E-state index contributed by atoms with van der Waals surface area (Å²) < 4.78 is 10.9. The molecular weight excluding hydrogens is 416 g/mol. The lowest BCUT2D eigenvalue weighted by Gasteiger charge is -2.28. The predicted molar refractivity (Wildman–Crippen MR) is 129 cm³/mol. The highest BCUT2D eigenvalue weighted by molar-refractivity contribution is 5.98. The van der Waals surface area contributed by atoms with Gasteiger partial charge in [0, 0.05) is 24.5 Å². The summed E-state index contributed by atoms with van der Waals surface area (Å²) in [5, 5.41) is 2.82. The number of benzene rings is 3. The van der Waals surface area contributed by atoms with Crippen molar-refractivity contribution in [2.24, 2.45) is 0 Å². The Bertz CT molecular complexity index is 1080. The lowest BCUT2D eigenvalue weighted by molar-refractivity contribution is -0.123. The minimum atomic E-state index is -0.929. The molecular formula is C27H28N2O4. The molecule has 0 saturated carbocycles. The van der Waals surface area contributed by atoms with E-state index in [-0.39, 0.29) is 5.91 Å². The number of esters is 1. The van der Waals surface area contributed by atoms with E-state index in [1.54, 1.807) is 19.1 Å². The zero-order valence-electron chi connectivity index (χ0n) is 18.7. The highest BCUT2D eigenvalue weighted by atomic mass is 16.5. The Balaban J connectivity index is 1.35. The molecule has 0 bridgehead atoms. The van der Waals surface area contributed by atoms with E-state index < -0.39 is 12.1 Å². The SMILES string of the molecule is CC(OC(=O)c1ccccc1Cc1ccccc1)C(=O)Nc1ccc(N2CCOCC2)cc1. The van der Waals surface area contributed by atoms with E-state index in [1.165, 1.54) is 0 Å². The Hall–Kier alpha value is -3.64. The van der Waals surface area contributed by atoms with Crippen LogP contribution in [0.2, 0.25) is 0 Å². The summed E-state index contributed by atoms with van der Waals surface area (Å²) in [6, 6.07) is 24.9. The molecule has 1 aliphatic heterocycles. The van der Waals surface area contributed by atoms with Crippen molar-refractivity contribution in [2.45, 2.75) is 19.4 Å². The van der Waals surface area contributed by atoms with Crippen LogP contribution in [0.3, 0.4) is 0 Å². The van der Waals surface area contributed by atoms with Crippen molar-refractivity contribution >= 4 is 23.3 Å². The standard InChI is InChI=1S/C27H28N2O4/c1-20(26(30)28-23-11-13-24(14-12-23)29-15-17-32-18-16-29)33-27(31)25-10-6-5-9-22(25)19-21-7-3-2-4-8-21/h2-14,20H,15-19H2,1H3,(H,28,30). The number of hydrogen-bond donors (Lipinski definition) is 1. The fourth-order valence-corrected chi connectivity index (χ4v) is 3.79. The molecule has 33 heavy (non-hydrogen) atoms. The van der Waals surface area contributed by atoms with Gasteiger partial charge in [-0.1, -0.05) is 48.5 Å². The van der Waals surface area contributed by atoms with Crippen LogP contribution < -0.4 is 10.2 Å². The van der Waals surface area contributed by atoms with Gasteiger partial charge >= 0.3 is 5.97 Å². The van der Waals surface area contributed by atoms with Gasteiger partial charge in [-0.05, 0) is 54.8 Å². The van der Waals surface area contributed by atoms with Crippen LogP contribution in [0, 0.1) is 0 Å². The third-order valence-electron chi connectivity index (χ3n) is 5.64. The van der Waals surface area contributed by atoms with Gasteiger partial charge in [-0.15, -0.1) is 0 Å². The molecule has 0 aliphatic carbocycles. The second-order valence-electron chi connectivity index (χ2n) is 8.00. The number of ether oxygens (including phenoxy) is 2. The van der Waals surface area contributed by atoms with Crippen LogP contribution in [0.1, 0.15) is 28.4 Å². The molecule has 4 rings (SSSR count). The first-order valence-corrected chi connectivity index (χ1v) is 11.2. The number of amides is 1. The van der Waals surface area contributed by atoms with E-state index >= 15 is 0 Å². The Morgan fingerprint density at radius 3 is 2.33 bits per heavy atom. The largest absolute Gasteiger partial charge is 0.449 e. The zero-order chi connectivity index (χ0) is 23.0. The van der Waals surface area contributed by atoms with Gasteiger partial charge in [-0.2, -0.15) is 0 Å². The molecule has 3 aromatic rings. The summed E-state index contributed by atoms with van der Waals surface area (Å²) in [4.78, 5) is 27.7. The van der Waals surface area contributed by atoms with Gasteiger partial charge in [-0.25, -0.2) is 4.79 Å². The summed E-state index contributed by atoms with van der Waals surface area (Å²) in [5.74, 6) is -0.880. The van der Waals surface area contributed by atoms with Crippen molar-refractivity contribution in [3.05, 3.63) is 95.6 Å². The molecule has 1 aliphatic rings. The number of carbonyl (C=O) groups excluding carboxylic acids is 2. The molecule has 1 amide bonds. The molecule has 0 spiro atoms. The van der Waals surface area contributed by atoms with Gasteiger partial charge < -0.3 is 19.7 Å². The fourth-order valence-electron chi connectivity index (χ4n) is 3.79. The van der Waals surface area contributed by atoms with Crippen molar-refractivity contribution in [3.63, 3.8) is 0 Å². The van der Waals surface area contributed by atoms with Gasteiger partial charge in [0.25, 0.3) is 5.91 Å².